The van der Waals surface area contributed by atoms with E-state index in [9.17, 15) is 4.79 Å². The summed E-state index contributed by atoms with van der Waals surface area (Å²) in [6.45, 7) is 3.18. The van der Waals surface area contributed by atoms with Gasteiger partial charge in [-0.2, -0.15) is 0 Å². The van der Waals surface area contributed by atoms with Gasteiger partial charge in [-0.05, 0) is 19.1 Å². The Morgan fingerprint density at radius 1 is 1.62 bits per heavy atom. The smallest absolute Gasteiger partial charge is 0.222 e. The summed E-state index contributed by atoms with van der Waals surface area (Å²) in [5.41, 5.74) is 0.736. The summed E-state index contributed by atoms with van der Waals surface area (Å²) < 4.78 is 0. The fourth-order valence-corrected chi connectivity index (χ4v) is 0.907. The summed E-state index contributed by atoms with van der Waals surface area (Å²) in [5.74, 6) is 5.99. The van der Waals surface area contributed by atoms with Crippen molar-refractivity contribution in [3.63, 3.8) is 0 Å². The molecule has 0 saturated heterocycles. The highest BCUT2D eigenvalue weighted by Gasteiger charge is 2.00. The Kier molecular flexibility index (Phi) is 3.04. The number of nitrogens with zero attached hydrogens (tertiary/aromatic N) is 1. The minimum atomic E-state index is -0.141. The van der Waals surface area contributed by atoms with E-state index in [-0.39, 0.29) is 5.91 Å². The van der Waals surface area contributed by atoms with Crippen LogP contribution in [0.2, 0.25) is 0 Å². The van der Waals surface area contributed by atoms with E-state index in [0.29, 0.717) is 5.82 Å². The van der Waals surface area contributed by atoms with Crippen LogP contribution in [0.25, 0.3) is 0 Å². The van der Waals surface area contributed by atoms with E-state index in [2.05, 4.69) is 22.1 Å². The van der Waals surface area contributed by atoms with Crippen molar-refractivity contribution in [3.05, 3.63) is 23.9 Å². The van der Waals surface area contributed by atoms with Gasteiger partial charge in [-0.1, -0.05) is 5.92 Å². The Bertz CT molecular complexity index is 374. The van der Waals surface area contributed by atoms with Crippen LogP contribution < -0.4 is 5.32 Å². The Morgan fingerprint density at radius 3 is 3.00 bits per heavy atom. The molecule has 1 heterocycles. The Morgan fingerprint density at radius 2 is 2.38 bits per heavy atom. The van der Waals surface area contributed by atoms with Gasteiger partial charge in [0.05, 0.1) is 5.56 Å². The molecule has 0 aromatic carbocycles. The van der Waals surface area contributed by atoms with Crippen LogP contribution in [-0.4, -0.2) is 10.9 Å². The van der Waals surface area contributed by atoms with Gasteiger partial charge in [-0.15, -0.1) is 5.92 Å². The molecule has 3 nitrogen and oxygen atoms in total. The molecule has 66 valence electrons. The summed E-state index contributed by atoms with van der Waals surface area (Å²) in [7, 11) is 0. The molecule has 0 saturated carbocycles. The largest absolute Gasteiger partial charge is 0.310 e. The number of rotatable bonds is 1. The SMILES string of the molecule is CC#Cc1cccnc1NC(C)=O. The lowest BCUT2D eigenvalue weighted by Crippen LogP contribution is -2.08. The van der Waals surface area contributed by atoms with Crippen molar-refractivity contribution < 1.29 is 4.79 Å². The van der Waals surface area contributed by atoms with Crippen LogP contribution in [0.5, 0.6) is 0 Å². The topological polar surface area (TPSA) is 42.0 Å². The van der Waals surface area contributed by atoms with Crippen molar-refractivity contribution >= 4 is 11.7 Å². The van der Waals surface area contributed by atoms with Crippen molar-refractivity contribution in [2.75, 3.05) is 5.32 Å². The van der Waals surface area contributed by atoms with E-state index in [1.54, 1.807) is 19.2 Å². The quantitative estimate of drug-likeness (QED) is 0.654. The summed E-state index contributed by atoms with van der Waals surface area (Å²) in [6, 6.07) is 3.60. The summed E-state index contributed by atoms with van der Waals surface area (Å²) in [6.07, 6.45) is 1.62. The van der Waals surface area contributed by atoms with Gasteiger partial charge in [0, 0.05) is 13.1 Å². The average molecular weight is 174 g/mol. The van der Waals surface area contributed by atoms with Gasteiger partial charge in [0.2, 0.25) is 5.91 Å². The zero-order valence-electron chi connectivity index (χ0n) is 7.59. The van der Waals surface area contributed by atoms with E-state index < -0.39 is 0 Å². The van der Waals surface area contributed by atoms with Crippen molar-refractivity contribution in [2.45, 2.75) is 13.8 Å². The first-order chi connectivity index (χ1) is 6.24. The second-order valence-electron chi connectivity index (χ2n) is 2.46. The Labute approximate surface area is 77.2 Å². The summed E-state index contributed by atoms with van der Waals surface area (Å²) >= 11 is 0. The minimum Gasteiger partial charge on any atom is -0.310 e. The number of carbonyl (C=O) groups excluding carboxylic acids is 1. The molecular weight excluding hydrogens is 164 g/mol. The van der Waals surface area contributed by atoms with E-state index >= 15 is 0 Å². The molecule has 0 aliphatic rings. The standard InChI is InChI=1S/C10H10N2O/c1-3-5-9-6-4-7-11-10(9)12-8(2)13/h4,6-7H,1-2H3,(H,11,12,13). The molecule has 13 heavy (non-hydrogen) atoms. The highest BCUT2D eigenvalue weighted by Crippen LogP contribution is 2.08. The van der Waals surface area contributed by atoms with E-state index in [0.717, 1.165) is 5.56 Å². The van der Waals surface area contributed by atoms with E-state index in [4.69, 9.17) is 0 Å². The Balaban J connectivity index is 3.02. The van der Waals surface area contributed by atoms with Crippen LogP contribution in [0.15, 0.2) is 18.3 Å². The maximum absolute atomic E-state index is 10.8. The number of carbonyl (C=O) groups is 1. The lowest BCUT2D eigenvalue weighted by molar-refractivity contribution is -0.114. The number of anilines is 1. The van der Waals surface area contributed by atoms with Crippen molar-refractivity contribution in [3.8, 4) is 11.8 Å². The van der Waals surface area contributed by atoms with Gasteiger partial charge in [0.15, 0.2) is 0 Å². The third-order valence-corrected chi connectivity index (χ3v) is 1.36. The average Bonchev–Trinajstić information content (AvgIpc) is 2.08. The van der Waals surface area contributed by atoms with Crippen LogP contribution >= 0.6 is 0 Å². The van der Waals surface area contributed by atoms with Gasteiger partial charge in [0.1, 0.15) is 5.82 Å². The van der Waals surface area contributed by atoms with Crippen LogP contribution in [0.3, 0.4) is 0 Å². The van der Waals surface area contributed by atoms with Gasteiger partial charge < -0.3 is 5.32 Å². The predicted molar refractivity (Wildman–Crippen MR) is 51.1 cm³/mol. The van der Waals surface area contributed by atoms with E-state index in [1.807, 2.05) is 6.07 Å². The van der Waals surface area contributed by atoms with Crippen LogP contribution in [0.4, 0.5) is 5.82 Å². The van der Waals surface area contributed by atoms with Gasteiger partial charge in [-0.3, -0.25) is 4.79 Å². The lowest BCUT2D eigenvalue weighted by Gasteiger charge is -2.02. The normalized spacial score (nSPS) is 8.46. The van der Waals surface area contributed by atoms with Crippen molar-refractivity contribution in [1.82, 2.24) is 4.98 Å². The van der Waals surface area contributed by atoms with Crippen LogP contribution in [0, 0.1) is 11.8 Å². The second kappa shape index (κ2) is 4.27. The summed E-state index contributed by atoms with van der Waals surface area (Å²) in [5, 5.41) is 2.61. The molecule has 0 unspecified atom stereocenters. The number of hydrogen-bond donors (Lipinski definition) is 1. The molecule has 1 aromatic heterocycles. The molecule has 1 amide bonds. The monoisotopic (exact) mass is 174 g/mol. The fourth-order valence-electron chi connectivity index (χ4n) is 0.907. The number of aromatic nitrogens is 1. The first kappa shape index (κ1) is 9.27. The molecule has 0 aliphatic carbocycles. The molecule has 1 N–H and O–H groups in total. The van der Waals surface area contributed by atoms with Gasteiger partial charge in [0.25, 0.3) is 0 Å². The molecule has 1 rings (SSSR count). The number of hydrogen-bond acceptors (Lipinski definition) is 2. The molecule has 0 atom stereocenters. The molecule has 0 spiro atoms. The lowest BCUT2D eigenvalue weighted by atomic mass is 10.2. The first-order valence-corrected chi connectivity index (χ1v) is 3.89. The first-order valence-electron chi connectivity index (χ1n) is 3.89. The van der Waals surface area contributed by atoms with Crippen LogP contribution in [0.1, 0.15) is 19.4 Å². The Hall–Kier alpha value is -1.82. The summed E-state index contributed by atoms with van der Waals surface area (Å²) in [4.78, 5) is 14.8. The number of pyridine rings is 1. The molecule has 0 aliphatic heterocycles. The van der Waals surface area contributed by atoms with Crippen molar-refractivity contribution in [2.24, 2.45) is 0 Å². The zero-order valence-corrected chi connectivity index (χ0v) is 7.59. The molecule has 0 fully saturated rings. The second-order valence-corrected chi connectivity index (χ2v) is 2.46. The number of nitrogens with one attached hydrogen (secondary N) is 1. The number of amides is 1. The molecule has 0 radical (unpaired) electrons. The van der Waals surface area contributed by atoms with Crippen molar-refractivity contribution in [1.29, 1.82) is 0 Å². The van der Waals surface area contributed by atoms with Gasteiger partial charge >= 0.3 is 0 Å². The molecule has 3 heteroatoms. The van der Waals surface area contributed by atoms with Crippen LogP contribution in [-0.2, 0) is 4.79 Å². The highest BCUT2D eigenvalue weighted by atomic mass is 16.1. The highest BCUT2D eigenvalue weighted by molar-refractivity contribution is 5.88. The third kappa shape index (κ3) is 2.60. The maximum atomic E-state index is 10.8. The fraction of sp³-hybridized carbons (Fsp3) is 0.200. The molecule has 1 aromatic rings. The zero-order chi connectivity index (χ0) is 9.68. The van der Waals surface area contributed by atoms with Gasteiger partial charge in [-0.25, -0.2) is 4.98 Å². The molecular formula is C10H10N2O. The third-order valence-electron chi connectivity index (χ3n) is 1.36. The maximum Gasteiger partial charge on any atom is 0.222 e. The van der Waals surface area contributed by atoms with E-state index in [1.165, 1.54) is 6.92 Å². The minimum absolute atomic E-state index is 0.141. The molecule has 0 bridgehead atoms. The predicted octanol–water partition coefficient (Wildman–Crippen LogP) is 1.41.